The molecule has 5 heteroatoms. The third-order valence-electron chi connectivity index (χ3n) is 2.37. The fourth-order valence-corrected chi connectivity index (χ4v) is 1.86. The van der Waals surface area contributed by atoms with E-state index in [4.69, 9.17) is 4.74 Å². The van der Waals surface area contributed by atoms with Crippen molar-refractivity contribution < 1.29 is 9.53 Å². The first-order chi connectivity index (χ1) is 8.20. The number of halogens is 1. The Bertz CT molecular complexity index is 371. The summed E-state index contributed by atoms with van der Waals surface area (Å²) < 4.78 is 5.84. The summed E-state index contributed by atoms with van der Waals surface area (Å²) in [5, 5.41) is 0. The minimum Gasteiger partial charge on any atom is -0.380 e. The van der Waals surface area contributed by atoms with E-state index in [1.807, 2.05) is 13.8 Å². The molecular weight excluding hydrogens is 284 g/mol. The van der Waals surface area contributed by atoms with Gasteiger partial charge < -0.3 is 9.64 Å². The lowest BCUT2D eigenvalue weighted by atomic mass is 10.2. The molecule has 1 amide bonds. The maximum atomic E-state index is 12.2. The van der Waals surface area contributed by atoms with Gasteiger partial charge in [0.25, 0.3) is 5.91 Å². The Morgan fingerprint density at radius 3 is 2.88 bits per heavy atom. The molecule has 0 aliphatic carbocycles. The zero-order valence-electron chi connectivity index (χ0n) is 10.1. The first kappa shape index (κ1) is 14.1. The van der Waals surface area contributed by atoms with Crippen molar-refractivity contribution in [1.29, 1.82) is 0 Å². The molecule has 1 rings (SSSR count). The van der Waals surface area contributed by atoms with Gasteiger partial charge in [-0.3, -0.25) is 4.79 Å². The lowest BCUT2D eigenvalue weighted by Crippen LogP contribution is -2.34. The fourth-order valence-electron chi connectivity index (χ4n) is 1.44. The summed E-state index contributed by atoms with van der Waals surface area (Å²) in [4.78, 5) is 18.0. The molecule has 17 heavy (non-hydrogen) atoms. The standard InChI is InChI=1S/C12H17BrN2O2/c1-3-15(8-9-17-4-2)12(16)10-6-5-7-14-11(10)13/h5-7H,3-4,8-9H2,1-2H3. The smallest absolute Gasteiger partial charge is 0.256 e. The topological polar surface area (TPSA) is 42.4 Å². The van der Waals surface area contributed by atoms with Crippen molar-refractivity contribution in [2.75, 3.05) is 26.3 Å². The number of likely N-dealkylation sites (N-methyl/N-ethyl adjacent to an activating group) is 1. The summed E-state index contributed by atoms with van der Waals surface area (Å²) in [6.07, 6.45) is 1.65. The van der Waals surface area contributed by atoms with Gasteiger partial charge in [-0.2, -0.15) is 0 Å². The van der Waals surface area contributed by atoms with Gasteiger partial charge in [-0.25, -0.2) is 4.98 Å². The van der Waals surface area contributed by atoms with E-state index in [1.165, 1.54) is 0 Å². The molecule has 0 aliphatic heterocycles. The summed E-state index contributed by atoms with van der Waals surface area (Å²) in [5.74, 6) is -0.0211. The van der Waals surface area contributed by atoms with Crippen LogP contribution in [0.4, 0.5) is 0 Å². The van der Waals surface area contributed by atoms with Crippen molar-refractivity contribution in [3.8, 4) is 0 Å². The largest absolute Gasteiger partial charge is 0.380 e. The van der Waals surface area contributed by atoms with Crippen molar-refractivity contribution >= 4 is 21.8 Å². The zero-order valence-corrected chi connectivity index (χ0v) is 11.7. The molecule has 0 radical (unpaired) electrons. The van der Waals surface area contributed by atoms with E-state index in [0.717, 1.165) is 0 Å². The zero-order chi connectivity index (χ0) is 12.7. The number of carbonyl (C=O) groups is 1. The van der Waals surface area contributed by atoms with Crippen LogP contribution in [0, 0.1) is 0 Å². The van der Waals surface area contributed by atoms with Crippen LogP contribution in [-0.4, -0.2) is 42.1 Å². The van der Waals surface area contributed by atoms with Gasteiger partial charge in [0.2, 0.25) is 0 Å². The third-order valence-corrected chi connectivity index (χ3v) is 3.00. The number of ether oxygens (including phenoxy) is 1. The van der Waals surface area contributed by atoms with Gasteiger partial charge in [0.05, 0.1) is 12.2 Å². The summed E-state index contributed by atoms with van der Waals surface area (Å²) in [6.45, 7) is 6.39. The molecule has 0 fully saturated rings. The van der Waals surface area contributed by atoms with E-state index in [-0.39, 0.29) is 5.91 Å². The molecule has 4 nitrogen and oxygen atoms in total. The van der Waals surface area contributed by atoms with Gasteiger partial charge in [0.1, 0.15) is 4.60 Å². The number of hydrogen-bond donors (Lipinski definition) is 0. The molecule has 1 aromatic heterocycles. The summed E-state index contributed by atoms with van der Waals surface area (Å²) in [7, 11) is 0. The van der Waals surface area contributed by atoms with E-state index < -0.39 is 0 Å². The first-order valence-electron chi connectivity index (χ1n) is 5.68. The van der Waals surface area contributed by atoms with Gasteiger partial charge in [-0.1, -0.05) is 0 Å². The number of aromatic nitrogens is 1. The van der Waals surface area contributed by atoms with Crippen LogP contribution in [0.3, 0.4) is 0 Å². The predicted molar refractivity (Wildman–Crippen MR) is 70.0 cm³/mol. The van der Waals surface area contributed by atoms with Crippen molar-refractivity contribution in [2.45, 2.75) is 13.8 Å². The summed E-state index contributed by atoms with van der Waals surface area (Å²) >= 11 is 3.29. The average Bonchev–Trinajstić information content (AvgIpc) is 2.35. The lowest BCUT2D eigenvalue weighted by molar-refractivity contribution is 0.0668. The maximum absolute atomic E-state index is 12.2. The van der Waals surface area contributed by atoms with Crippen LogP contribution in [0.2, 0.25) is 0 Å². The van der Waals surface area contributed by atoms with Gasteiger partial charge in [-0.15, -0.1) is 0 Å². The molecule has 0 bridgehead atoms. The molecule has 0 aliphatic rings. The monoisotopic (exact) mass is 300 g/mol. The molecule has 0 spiro atoms. The minimum absolute atomic E-state index is 0.0211. The second-order valence-electron chi connectivity index (χ2n) is 3.42. The number of carbonyl (C=O) groups excluding carboxylic acids is 1. The molecule has 1 aromatic rings. The lowest BCUT2D eigenvalue weighted by Gasteiger charge is -2.21. The van der Waals surface area contributed by atoms with Crippen LogP contribution in [0.25, 0.3) is 0 Å². The van der Waals surface area contributed by atoms with E-state index >= 15 is 0 Å². The van der Waals surface area contributed by atoms with Crippen LogP contribution in [-0.2, 0) is 4.74 Å². The van der Waals surface area contributed by atoms with E-state index in [2.05, 4.69) is 20.9 Å². The van der Waals surface area contributed by atoms with E-state index in [1.54, 1.807) is 23.2 Å². The summed E-state index contributed by atoms with van der Waals surface area (Å²) in [6, 6.07) is 3.52. The maximum Gasteiger partial charge on any atom is 0.256 e. The Hall–Kier alpha value is -0.940. The Labute approximate surface area is 110 Å². The number of nitrogens with zero attached hydrogens (tertiary/aromatic N) is 2. The molecule has 1 heterocycles. The van der Waals surface area contributed by atoms with Crippen molar-refractivity contribution in [3.05, 3.63) is 28.5 Å². The molecule has 0 atom stereocenters. The second-order valence-corrected chi connectivity index (χ2v) is 4.17. The van der Waals surface area contributed by atoms with Crippen molar-refractivity contribution in [2.24, 2.45) is 0 Å². The van der Waals surface area contributed by atoms with E-state index in [9.17, 15) is 4.79 Å². The van der Waals surface area contributed by atoms with Gasteiger partial charge in [0.15, 0.2) is 0 Å². The fraction of sp³-hybridized carbons (Fsp3) is 0.500. The third kappa shape index (κ3) is 4.09. The number of pyridine rings is 1. The molecule has 94 valence electrons. The molecule has 0 saturated heterocycles. The minimum atomic E-state index is -0.0211. The molecule has 0 N–H and O–H groups in total. The molecule has 0 saturated carbocycles. The number of amides is 1. The van der Waals surface area contributed by atoms with Crippen LogP contribution in [0.5, 0.6) is 0 Å². The van der Waals surface area contributed by atoms with Crippen LogP contribution >= 0.6 is 15.9 Å². The Morgan fingerprint density at radius 1 is 1.53 bits per heavy atom. The normalized spacial score (nSPS) is 10.3. The SMILES string of the molecule is CCOCCN(CC)C(=O)c1cccnc1Br. The first-order valence-corrected chi connectivity index (χ1v) is 6.47. The van der Waals surface area contributed by atoms with Gasteiger partial charge >= 0.3 is 0 Å². The number of hydrogen-bond acceptors (Lipinski definition) is 3. The average molecular weight is 301 g/mol. The Morgan fingerprint density at radius 2 is 2.29 bits per heavy atom. The summed E-state index contributed by atoms with van der Waals surface area (Å²) in [5.41, 5.74) is 0.589. The second kappa shape index (κ2) is 7.40. The van der Waals surface area contributed by atoms with Crippen LogP contribution in [0.1, 0.15) is 24.2 Å². The molecular formula is C12H17BrN2O2. The van der Waals surface area contributed by atoms with Gasteiger partial charge in [-0.05, 0) is 41.9 Å². The van der Waals surface area contributed by atoms with E-state index in [0.29, 0.717) is 36.5 Å². The molecule has 0 unspecified atom stereocenters. The number of rotatable bonds is 6. The highest BCUT2D eigenvalue weighted by molar-refractivity contribution is 9.10. The predicted octanol–water partition coefficient (Wildman–Crippen LogP) is 2.34. The Balaban J connectivity index is 2.69. The highest BCUT2D eigenvalue weighted by Gasteiger charge is 2.16. The van der Waals surface area contributed by atoms with Crippen LogP contribution in [0.15, 0.2) is 22.9 Å². The molecule has 0 aromatic carbocycles. The van der Waals surface area contributed by atoms with Crippen molar-refractivity contribution in [1.82, 2.24) is 9.88 Å². The quantitative estimate of drug-likeness (QED) is 0.598. The van der Waals surface area contributed by atoms with Crippen LogP contribution < -0.4 is 0 Å². The highest BCUT2D eigenvalue weighted by Crippen LogP contribution is 2.14. The Kier molecular flexibility index (Phi) is 6.15. The van der Waals surface area contributed by atoms with Crippen molar-refractivity contribution in [3.63, 3.8) is 0 Å². The highest BCUT2D eigenvalue weighted by atomic mass is 79.9. The van der Waals surface area contributed by atoms with Gasteiger partial charge in [0, 0.05) is 25.9 Å².